The standard InChI is InChI=1S/C8H9IO2S/c9-7-5-4-6(12-7)2-1-3-8(10)11/h4-5H,1-3H2,(H,10,11). The number of hydrogen-bond donors (Lipinski definition) is 1. The van der Waals surface area contributed by atoms with Crippen LogP contribution in [0.5, 0.6) is 0 Å². The predicted octanol–water partition coefficient (Wildman–Crippen LogP) is 2.76. The quantitative estimate of drug-likeness (QED) is 0.868. The Kier molecular flexibility index (Phi) is 4.00. The van der Waals surface area contributed by atoms with Gasteiger partial charge in [-0.05, 0) is 47.6 Å². The van der Waals surface area contributed by atoms with Crippen molar-refractivity contribution in [1.29, 1.82) is 0 Å². The molecule has 0 aliphatic carbocycles. The van der Waals surface area contributed by atoms with E-state index in [1.807, 2.05) is 0 Å². The molecule has 0 saturated carbocycles. The van der Waals surface area contributed by atoms with Crippen molar-refractivity contribution in [1.82, 2.24) is 0 Å². The molecule has 1 aromatic rings. The molecular weight excluding hydrogens is 287 g/mol. The van der Waals surface area contributed by atoms with Gasteiger partial charge in [0.05, 0.1) is 2.88 Å². The van der Waals surface area contributed by atoms with E-state index in [2.05, 4.69) is 34.7 Å². The molecule has 1 N–H and O–H groups in total. The molecule has 0 saturated heterocycles. The van der Waals surface area contributed by atoms with E-state index in [1.165, 1.54) is 7.76 Å². The van der Waals surface area contributed by atoms with Gasteiger partial charge >= 0.3 is 5.97 Å². The van der Waals surface area contributed by atoms with Crippen LogP contribution in [-0.2, 0) is 11.2 Å². The Balaban J connectivity index is 2.29. The molecule has 0 radical (unpaired) electrons. The highest BCUT2D eigenvalue weighted by Crippen LogP contribution is 2.19. The number of carbonyl (C=O) groups is 1. The third kappa shape index (κ3) is 3.53. The Bertz CT molecular complexity index is 270. The molecule has 2 nitrogen and oxygen atoms in total. The number of carboxylic acid groups (broad SMARTS) is 1. The maximum absolute atomic E-state index is 10.2. The summed E-state index contributed by atoms with van der Waals surface area (Å²) in [7, 11) is 0. The van der Waals surface area contributed by atoms with Crippen LogP contribution in [0.1, 0.15) is 17.7 Å². The van der Waals surface area contributed by atoms with E-state index in [9.17, 15) is 4.79 Å². The first-order chi connectivity index (χ1) is 5.68. The van der Waals surface area contributed by atoms with Crippen LogP contribution in [0.25, 0.3) is 0 Å². The molecular formula is C8H9IO2S. The van der Waals surface area contributed by atoms with E-state index in [0.29, 0.717) is 0 Å². The summed E-state index contributed by atoms with van der Waals surface area (Å²) in [6, 6.07) is 4.12. The summed E-state index contributed by atoms with van der Waals surface area (Å²) >= 11 is 4.00. The predicted molar refractivity (Wildman–Crippen MR) is 57.6 cm³/mol. The highest BCUT2D eigenvalue weighted by molar-refractivity contribution is 14.1. The maximum Gasteiger partial charge on any atom is 0.303 e. The fourth-order valence-electron chi connectivity index (χ4n) is 0.900. The topological polar surface area (TPSA) is 37.3 Å². The number of hydrogen-bond acceptors (Lipinski definition) is 2. The van der Waals surface area contributed by atoms with Gasteiger partial charge in [0.2, 0.25) is 0 Å². The van der Waals surface area contributed by atoms with Crippen LogP contribution < -0.4 is 0 Å². The molecule has 1 rings (SSSR count). The van der Waals surface area contributed by atoms with Gasteiger partial charge in [-0.1, -0.05) is 0 Å². The van der Waals surface area contributed by atoms with E-state index in [4.69, 9.17) is 5.11 Å². The molecule has 0 bridgehead atoms. The number of thiophene rings is 1. The molecule has 1 heterocycles. The summed E-state index contributed by atoms with van der Waals surface area (Å²) in [6.07, 6.45) is 1.90. The van der Waals surface area contributed by atoms with Gasteiger partial charge in [0.1, 0.15) is 0 Å². The minimum atomic E-state index is -0.707. The van der Waals surface area contributed by atoms with E-state index in [1.54, 1.807) is 11.3 Å². The van der Waals surface area contributed by atoms with Crippen molar-refractivity contribution < 1.29 is 9.90 Å². The summed E-state index contributed by atoms with van der Waals surface area (Å²) in [6.45, 7) is 0. The van der Waals surface area contributed by atoms with Gasteiger partial charge in [-0.15, -0.1) is 11.3 Å². The Morgan fingerprint density at radius 2 is 2.33 bits per heavy atom. The van der Waals surface area contributed by atoms with E-state index >= 15 is 0 Å². The SMILES string of the molecule is O=C(O)CCCc1ccc(I)s1. The summed E-state index contributed by atoms with van der Waals surface area (Å²) < 4.78 is 1.26. The molecule has 1 aromatic heterocycles. The zero-order valence-electron chi connectivity index (χ0n) is 6.42. The minimum absolute atomic E-state index is 0.272. The monoisotopic (exact) mass is 296 g/mol. The van der Waals surface area contributed by atoms with Gasteiger partial charge in [-0.2, -0.15) is 0 Å². The van der Waals surface area contributed by atoms with E-state index in [-0.39, 0.29) is 6.42 Å². The lowest BCUT2D eigenvalue weighted by molar-refractivity contribution is -0.137. The second-order valence-corrected chi connectivity index (χ2v) is 5.52. The van der Waals surface area contributed by atoms with Crippen molar-refractivity contribution in [3.63, 3.8) is 0 Å². The molecule has 12 heavy (non-hydrogen) atoms. The van der Waals surface area contributed by atoms with Gasteiger partial charge in [0.15, 0.2) is 0 Å². The number of rotatable bonds is 4. The molecule has 0 amide bonds. The zero-order valence-corrected chi connectivity index (χ0v) is 9.39. The van der Waals surface area contributed by atoms with Crippen LogP contribution in [0, 0.1) is 2.88 Å². The third-order valence-electron chi connectivity index (χ3n) is 1.44. The van der Waals surface area contributed by atoms with Crippen molar-refractivity contribution in [2.75, 3.05) is 0 Å². The summed E-state index contributed by atoms with van der Waals surface area (Å²) in [5.41, 5.74) is 0. The largest absolute Gasteiger partial charge is 0.481 e. The summed E-state index contributed by atoms with van der Waals surface area (Å²) in [5, 5.41) is 8.40. The third-order valence-corrected chi connectivity index (χ3v) is 3.40. The van der Waals surface area contributed by atoms with Gasteiger partial charge in [-0.25, -0.2) is 0 Å². The molecule has 0 aliphatic rings. The highest BCUT2D eigenvalue weighted by Gasteiger charge is 2.00. The molecule has 0 fully saturated rings. The number of aryl methyl sites for hydroxylation is 1. The number of aliphatic carboxylic acids is 1. The van der Waals surface area contributed by atoms with Crippen molar-refractivity contribution in [3.8, 4) is 0 Å². The van der Waals surface area contributed by atoms with Crippen LogP contribution in [0.4, 0.5) is 0 Å². The highest BCUT2D eigenvalue weighted by atomic mass is 127. The second kappa shape index (κ2) is 4.81. The lowest BCUT2D eigenvalue weighted by atomic mass is 10.2. The average molecular weight is 296 g/mol. The summed E-state index contributed by atoms with van der Waals surface area (Å²) in [5.74, 6) is -0.707. The fraction of sp³-hybridized carbons (Fsp3) is 0.375. The minimum Gasteiger partial charge on any atom is -0.481 e. The zero-order chi connectivity index (χ0) is 8.97. The van der Waals surface area contributed by atoms with Crippen molar-refractivity contribution in [2.45, 2.75) is 19.3 Å². The molecule has 0 unspecified atom stereocenters. The van der Waals surface area contributed by atoms with Crippen LogP contribution >= 0.6 is 33.9 Å². The molecule has 4 heteroatoms. The first-order valence-corrected chi connectivity index (χ1v) is 5.54. The van der Waals surface area contributed by atoms with Crippen LogP contribution in [0.2, 0.25) is 0 Å². The summed E-state index contributed by atoms with van der Waals surface area (Å²) in [4.78, 5) is 11.5. The Morgan fingerprint density at radius 3 is 2.83 bits per heavy atom. The maximum atomic E-state index is 10.2. The molecule has 0 aromatic carbocycles. The first kappa shape index (κ1) is 9.98. The number of carboxylic acids is 1. The number of halogens is 1. The normalized spacial score (nSPS) is 10.1. The van der Waals surface area contributed by atoms with Crippen molar-refractivity contribution in [2.24, 2.45) is 0 Å². The van der Waals surface area contributed by atoms with Crippen molar-refractivity contribution >= 4 is 39.9 Å². The Morgan fingerprint density at radius 1 is 1.58 bits per heavy atom. The van der Waals surface area contributed by atoms with Crippen molar-refractivity contribution in [3.05, 3.63) is 19.9 Å². The average Bonchev–Trinajstić information content (AvgIpc) is 2.35. The van der Waals surface area contributed by atoms with Crippen LogP contribution in [0.3, 0.4) is 0 Å². The first-order valence-electron chi connectivity index (χ1n) is 3.64. The smallest absolute Gasteiger partial charge is 0.303 e. The van der Waals surface area contributed by atoms with Crippen LogP contribution in [-0.4, -0.2) is 11.1 Å². The van der Waals surface area contributed by atoms with E-state index in [0.717, 1.165) is 12.8 Å². The lowest BCUT2D eigenvalue weighted by Gasteiger charge is -1.92. The Hall–Kier alpha value is -0.100. The molecule has 66 valence electrons. The lowest BCUT2D eigenvalue weighted by Crippen LogP contribution is -1.94. The van der Waals surface area contributed by atoms with E-state index < -0.39 is 5.97 Å². The molecule has 0 aliphatic heterocycles. The van der Waals surface area contributed by atoms with Crippen LogP contribution in [0.15, 0.2) is 12.1 Å². The van der Waals surface area contributed by atoms with Gasteiger partial charge in [-0.3, -0.25) is 4.79 Å². The second-order valence-electron chi connectivity index (χ2n) is 2.45. The van der Waals surface area contributed by atoms with Gasteiger partial charge < -0.3 is 5.11 Å². The Labute approximate surface area is 88.7 Å². The molecule has 0 atom stereocenters. The fourth-order valence-corrected chi connectivity index (χ4v) is 2.70. The van der Waals surface area contributed by atoms with Gasteiger partial charge in [0.25, 0.3) is 0 Å². The van der Waals surface area contributed by atoms with Gasteiger partial charge in [0, 0.05) is 11.3 Å². The molecule has 0 spiro atoms.